The molecule has 4 rings (SSSR count). The summed E-state index contributed by atoms with van der Waals surface area (Å²) in [4.78, 5) is 0. The van der Waals surface area contributed by atoms with Gasteiger partial charge in [-0.2, -0.15) is 5.10 Å². The lowest BCUT2D eigenvalue weighted by atomic mass is 10.0. The molecule has 0 amide bonds. The van der Waals surface area contributed by atoms with E-state index in [4.69, 9.17) is 9.84 Å². The second-order valence-electron chi connectivity index (χ2n) is 5.25. The first-order chi connectivity index (χ1) is 8.93. The van der Waals surface area contributed by atoms with Gasteiger partial charge in [0.2, 0.25) is 0 Å². The highest BCUT2D eigenvalue weighted by molar-refractivity contribution is 5.82. The average Bonchev–Trinajstić information content (AvgIpc) is 3.05. The van der Waals surface area contributed by atoms with Crippen molar-refractivity contribution in [2.75, 3.05) is 13.2 Å². The number of halogens is 1. The van der Waals surface area contributed by atoms with Gasteiger partial charge in [-0.05, 0) is 6.07 Å². The molecule has 1 saturated heterocycles. The van der Waals surface area contributed by atoms with Gasteiger partial charge in [0.1, 0.15) is 6.04 Å². The zero-order valence-corrected chi connectivity index (χ0v) is 11.5. The van der Waals surface area contributed by atoms with Gasteiger partial charge in [-0.1, -0.05) is 18.2 Å². The van der Waals surface area contributed by atoms with Crippen LogP contribution in [0.25, 0.3) is 10.9 Å². The highest BCUT2D eigenvalue weighted by Crippen LogP contribution is 2.32. The van der Waals surface area contributed by atoms with E-state index >= 15 is 0 Å². The van der Waals surface area contributed by atoms with Crippen molar-refractivity contribution >= 4 is 10.9 Å². The number of benzene rings is 1. The Kier molecular flexibility index (Phi) is 3.48. The molecule has 102 valence electrons. The quantitative estimate of drug-likeness (QED) is 0.646. The van der Waals surface area contributed by atoms with Crippen LogP contribution in [0, 0.1) is 0 Å². The van der Waals surface area contributed by atoms with Crippen LogP contribution in [0.2, 0.25) is 0 Å². The van der Waals surface area contributed by atoms with E-state index in [1.165, 1.54) is 30.5 Å². The van der Waals surface area contributed by atoms with E-state index in [-0.39, 0.29) is 18.5 Å². The lowest BCUT2D eigenvalue weighted by molar-refractivity contribution is -0.679. The van der Waals surface area contributed by atoms with Crippen LogP contribution in [0.3, 0.4) is 0 Å². The maximum Gasteiger partial charge on any atom is 0.151 e. The molecule has 0 radical (unpaired) electrons. The van der Waals surface area contributed by atoms with Gasteiger partial charge >= 0.3 is 0 Å². The van der Waals surface area contributed by atoms with E-state index in [2.05, 4.69) is 34.3 Å². The first kappa shape index (κ1) is 12.9. The van der Waals surface area contributed by atoms with Crippen LogP contribution in [0.15, 0.2) is 24.3 Å². The minimum atomic E-state index is 0. The normalized spacial score (nSPS) is 26.1. The summed E-state index contributed by atoms with van der Waals surface area (Å²) in [5.74, 6) is 0. The van der Waals surface area contributed by atoms with Crippen molar-refractivity contribution in [3.05, 3.63) is 30.0 Å². The minimum absolute atomic E-state index is 0. The topological polar surface area (TPSA) is 43.7 Å². The fraction of sp³-hybridized carbons (Fsp3) is 0.500. The van der Waals surface area contributed by atoms with Crippen molar-refractivity contribution in [1.82, 2.24) is 9.78 Å². The molecule has 0 aliphatic carbocycles. The van der Waals surface area contributed by atoms with Crippen molar-refractivity contribution in [2.24, 2.45) is 0 Å². The number of nitrogens with two attached hydrogens (primary N) is 1. The van der Waals surface area contributed by atoms with Crippen molar-refractivity contribution in [3.8, 4) is 0 Å². The molecule has 1 aromatic carbocycles. The highest BCUT2D eigenvalue weighted by atomic mass is 35.5. The Morgan fingerprint density at radius 3 is 3.05 bits per heavy atom. The molecule has 5 heteroatoms. The Morgan fingerprint density at radius 1 is 1.32 bits per heavy atom. The summed E-state index contributed by atoms with van der Waals surface area (Å²) >= 11 is 0. The molecule has 1 unspecified atom stereocenters. The van der Waals surface area contributed by atoms with Crippen LogP contribution in [0.4, 0.5) is 0 Å². The Balaban J connectivity index is 0.00000110. The van der Waals surface area contributed by atoms with Crippen LogP contribution in [-0.2, 0) is 11.3 Å². The third-order valence-corrected chi connectivity index (χ3v) is 4.16. The van der Waals surface area contributed by atoms with Crippen LogP contribution >= 0.6 is 0 Å². The van der Waals surface area contributed by atoms with E-state index in [9.17, 15) is 0 Å². The molecule has 3 heterocycles. The van der Waals surface area contributed by atoms with Crippen molar-refractivity contribution in [2.45, 2.75) is 31.5 Å². The predicted molar refractivity (Wildman–Crippen MR) is 68.2 cm³/mol. The molecule has 2 aliphatic heterocycles. The molecule has 2 atom stereocenters. The largest absolute Gasteiger partial charge is 1.00 e. The van der Waals surface area contributed by atoms with Crippen molar-refractivity contribution in [3.63, 3.8) is 0 Å². The number of ether oxygens (including phenoxy) is 1. The predicted octanol–water partition coefficient (Wildman–Crippen LogP) is -2.16. The molecule has 19 heavy (non-hydrogen) atoms. The van der Waals surface area contributed by atoms with E-state index in [0.717, 1.165) is 18.7 Å². The Labute approximate surface area is 118 Å². The fourth-order valence-corrected chi connectivity index (χ4v) is 3.32. The molecule has 1 aromatic heterocycles. The van der Waals surface area contributed by atoms with Gasteiger partial charge in [0.05, 0.1) is 30.9 Å². The number of hydrogen-bond acceptors (Lipinski definition) is 2. The van der Waals surface area contributed by atoms with Gasteiger partial charge < -0.3 is 22.5 Å². The van der Waals surface area contributed by atoms with E-state index in [1.54, 1.807) is 0 Å². The van der Waals surface area contributed by atoms with Crippen molar-refractivity contribution < 1.29 is 22.5 Å². The Morgan fingerprint density at radius 2 is 2.21 bits per heavy atom. The van der Waals surface area contributed by atoms with Gasteiger partial charge in [-0.15, -0.1) is 0 Å². The number of nitrogens with zero attached hydrogens (tertiary/aromatic N) is 2. The molecule has 4 nitrogen and oxygen atoms in total. The fourth-order valence-electron chi connectivity index (χ4n) is 3.32. The highest BCUT2D eigenvalue weighted by Gasteiger charge is 2.36. The molecule has 2 aromatic rings. The summed E-state index contributed by atoms with van der Waals surface area (Å²) in [5.41, 5.74) is 2.39. The second-order valence-corrected chi connectivity index (χ2v) is 5.25. The zero-order chi connectivity index (χ0) is 11.9. The third kappa shape index (κ3) is 2.04. The molecule has 0 spiro atoms. The standard InChI is InChI=1S/C14H17N3O.ClH/c1-2-5-11-10(4-1)13-14(12-6-3-7-15-12)18-9-8-17(13)16-11;/h1-2,4-5,12,14-15H,3,6-9H2;1H/t12-,14?;/m0./s1. The molecule has 0 saturated carbocycles. The molecule has 0 bridgehead atoms. The summed E-state index contributed by atoms with van der Waals surface area (Å²) in [6, 6.07) is 8.98. The first-order valence-electron chi connectivity index (χ1n) is 6.84. The third-order valence-electron chi connectivity index (χ3n) is 4.16. The zero-order valence-electron chi connectivity index (χ0n) is 10.8. The van der Waals surface area contributed by atoms with E-state index in [0.29, 0.717) is 6.04 Å². The van der Waals surface area contributed by atoms with Gasteiger partial charge in [-0.25, -0.2) is 0 Å². The number of quaternary nitrogens is 1. The molecular formula is C14H18ClN3O. The van der Waals surface area contributed by atoms with Crippen LogP contribution < -0.4 is 17.7 Å². The number of fused-ring (bicyclic) bond motifs is 3. The molecular weight excluding hydrogens is 262 g/mol. The Bertz CT molecular complexity index is 577. The van der Waals surface area contributed by atoms with Gasteiger partial charge in [-0.3, -0.25) is 4.68 Å². The summed E-state index contributed by atoms with van der Waals surface area (Å²) < 4.78 is 8.22. The number of aromatic nitrogens is 2. The van der Waals surface area contributed by atoms with E-state index < -0.39 is 0 Å². The van der Waals surface area contributed by atoms with E-state index in [1.807, 2.05) is 0 Å². The molecule has 1 fully saturated rings. The lowest BCUT2D eigenvalue weighted by Crippen LogP contribution is -3.00. The number of rotatable bonds is 1. The summed E-state index contributed by atoms with van der Waals surface area (Å²) in [7, 11) is 0. The first-order valence-corrected chi connectivity index (χ1v) is 6.84. The minimum Gasteiger partial charge on any atom is -1.00 e. The van der Waals surface area contributed by atoms with Crippen LogP contribution in [0.5, 0.6) is 0 Å². The maximum atomic E-state index is 6.06. The van der Waals surface area contributed by atoms with Gasteiger partial charge in [0.25, 0.3) is 0 Å². The molecule has 2 N–H and O–H groups in total. The van der Waals surface area contributed by atoms with Crippen LogP contribution in [-0.4, -0.2) is 29.0 Å². The van der Waals surface area contributed by atoms with Gasteiger partial charge in [0.15, 0.2) is 6.10 Å². The SMILES string of the molecule is [Cl-].c1ccc2c3n(nc2c1)CCOC3[C@@H]1CCC[NH2+]1. The average molecular weight is 280 g/mol. The van der Waals surface area contributed by atoms with Gasteiger partial charge in [0, 0.05) is 18.2 Å². The summed E-state index contributed by atoms with van der Waals surface area (Å²) in [5, 5.41) is 8.40. The molecule has 2 aliphatic rings. The second kappa shape index (κ2) is 5.12. The Hall–Kier alpha value is -1.10. The maximum absolute atomic E-state index is 6.06. The summed E-state index contributed by atoms with van der Waals surface area (Å²) in [6.07, 6.45) is 2.77. The monoisotopic (exact) mass is 279 g/mol. The smallest absolute Gasteiger partial charge is 0.151 e. The van der Waals surface area contributed by atoms with Crippen LogP contribution in [0.1, 0.15) is 24.6 Å². The number of hydrogen-bond donors (Lipinski definition) is 1. The summed E-state index contributed by atoms with van der Waals surface area (Å²) in [6.45, 7) is 2.90. The van der Waals surface area contributed by atoms with Crippen molar-refractivity contribution in [1.29, 1.82) is 0 Å². The lowest BCUT2D eigenvalue weighted by Gasteiger charge is -2.27.